The normalized spacial score (nSPS) is 12.5. The Morgan fingerprint density at radius 3 is 2.76 bits per heavy atom. The molecule has 1 heterocycles. The first-order chi connectivity index (χ1) is 10.2. The van der Waals surface area contributed by atoms with Crippen molar-refractivity contribution in [3.8, 4) is 0 Å². The van der Waals surface area contributed by atoms with E-state index in [-0.39, 0.29) is 12.5 Å². The first-order valence-electron chi connectivity index (χ1n) is 6.49. The van der Waals surface area contributed by atoms with Crippen LogP contribution in [0.2, 0.25) is 0 Å². The molecule has 1 amide bonds. The molecule has 0 aliphatic heterocycles. The molecule has 0 fully saturated rings. The monoisotopic (exact) mass is 319 g/mol. The summed E-state index contributed by atoms with van der Waals surface area (Å²) in [7, 11) is 0. The van der Waals surface area contributed by atoms with E-state index in [9.17, 15) is 9.90 Å². The summed E-state index contributed by atoms with van der Waals surface area (Å²) in [6, 6.07) is 9.62. The fourth-order valence-corrected chi connectivity index (χ4v) is 2.78. The standard InChI is InChI=1S/C16H17NO2S2/c1-20-14-5-3-13(4-6-14)15(18)10-17-16(19)7-2-12-8-9-21-11-12/h2-9,11,15,18H,10H2,1H3,(H,17,19). The van der Waals surface area contributed by atoms with Gasteiger partial charge in [0.05, 0.1) is 6.10 Å². The highest BCUT2D eigenvalue weighted by molar-refractivity contribution is 7.98. The fourth-order valence-electron chi connectivity index (χ4n) is 1.74. The molecular formula is C16H17NO2S2. The van der Waals surface area contributed by atoms with E-state index in [1.807, 2.05) is 47.3 Å². The molecule has 5 heteroatoms. The zero-order chi connectivity index (χ0) is 15.1. The highest BCUT2D eigenvalue weighted by Crippen LogP contribution is 2.18. The molecular weight excluding hydrogens is 302 g/mol. The number of thiophene rings is 1. The second-order valence-corrected chi connectivity index (χ2v) is 6.08. The predicted octanol–water partition coefficient (Wildman–Crippen LogP) is 3.33. The van der Waals surface area contributed by atoms with Crippen LogP contribution < -0.4 is 5.32 Å². The summed E-state index contributed by atoms with van der Waals surface area (Å²) >= 11 is 3.24. The van der Waals surface area contributed by atoms with Crippen molar-refractivity contribution in [1.29, 1.82) is 0 Å². The summed E-state index contributed by atoms with van der Waals surface area (Å²) < 4.78 is 0. The van der Waals surface area contributed by atoms with Crippen LogP contribution in [0.1, 0.15) is 17.2 Å². The molecule has 0 bridgehead atoms. The van der Waals surface area contributed by atoms with Gasteiger partial charge in [-0.05, 0) is 52.4 Å². The van der Waals surface area contributed by atoms with Gasteiger partial charge in [-0.1, -0.05) is 12.1 Å². The van der Waals surface area contributed by atoms with E-state index in [4.69, 9.17) is 0 Å². The number of aliphatic hydroxyl groups is 1. The lowest BCUT2D eigenvalue weighted by Gasteiger charge is -2.11. The Morgan fingerprint density at radius 2 is 2.14 bits per heavy atom. The van der Waals surface area contributed by atoms with Crippen LogP contribution in [0.15, 0.2) is 52.1 Å². The average Bonchev–Trinajstić information content (AvgIpc) is 3.04. The van der Waals surface area contributed by atoms with Gasteiger partial charge in [0.1, 0.15) is 0 Å². The first-order valence-corrected chi connectivity index (χ1v) is 8.66. The van der Waals surface area contributed by atoms with E-state index in [1.54, 1.807) is 29.2 Å². The molecule has 0 aliphatic rings. The number of carbonyl (C=O) groups is 1. The minimum absolute atomic E-state index is 0.200. The number of hydrogen-bond donors (Lipinski definition) is 2. The van der Waals surface area contributed by atoms with Crippen molar-refractivity contribution in [3.63, 3.8) is 0 Å². The Balaban J connectivity index is 1.82. The van der Waals surface area contributed by atoms with Gasteiger partial charge in [-0.15, -0.1) is 11.8 Å². The molecule has 21 heavy (non-hydrogen) atoms. The smallest absolute Gasteiger partial charge is 0.244 e. The van der Waals surface area contributed by atoms with Crippen LogP contribution in [0.5, 0.6) is 0 Å². The molecule has 1 aromatic carbocycles. The molecule has 2 N–H and O–H groups in total. The largest absolute Gasteiger partial charge is 0.387 e. The minimum Gasteiger partial charge on any atom is -0.387 e. The molecule has 2 rings (SSSR count). The van der Waals surface area contributed by atoms with E-state index >= 15 is 0 Å². The number of rotatable bonds is 6. The van der Waals surface area contributed by atoms with Crippen LogP contribution in [-0.2, 0) is 4.79 Å². The maximum absolute atomic E-state index is 11.7. The van der Waals surface area contributed by atoms with Gasteiger partial charge in [0, 0.05) is 17.5 Å². The van der Waals surface area contributed by atoms with Gasteiger partial charge in [0.2, 0.25) is 5.91 Å². The van der Waals surface area contributed by atoms with E-state index < -0.39 is 6.10 Å². The molecule has 1 atom stereocenters. The molecule has 0 spiro atoms. The molecule has 110 valence electrons. The second-order valence-electron chi connectivity index (χ2n) is 4.42. The van der Waals surface area contributed by atoms with Crippen LogP contribution in [0.3, 0.4) is 0 Å². The molecule has 0 radical (unpaired) electrons. The summed E-state index contributed by atoms with van der Waals surface area (Å²) in [5, 5.41) is 16.7. The Bertz CT molecular complexity index is 591. The lowest BCUT2D eigenvalue weighted by molar-refractivity contribution is -0.116. The Morgan fingerprint density at radius 1 is 1.38 bits per heavy atom. The van der Waals surface area contributed by atoms with Gasteiger partial charge in [-0.2, -0.15) is 11.3 Å². The van der Waals surface area contributed by atoms with Crippen molar-refractivity contribution < 1.29 is 9.90 Å². The number of nitrogens with one attached hydrogen (secondary N) is 1. The maximum Gasteiger partial charge on any atom is 0.244 e. The summed E-state index contributed by atoms with van der Waals surface area (Å²) in [6.45, 7) is 0.200. The van der Waals surface area contributed by atoms with Crippen LogP contribution >= 0.6 is 23.1 Å². The van der Waals surface area contributed by atoms with Crippen molar-refractivity contribution in [1.82, 2.24) is 5.32 Å². The predicted molar refractivity (Wildman–Crippen MR) is 89.5 cm³/mol. The number of carbonyl (C=O) groups excluding carboxylic acids is 1. The zero-order valence-electron chi connectivity index (χ0n) is 11.7. The third-order valence-corrected chi connectivity index (χ3v) is 4.39. The van der Waals surface area contributed by atoms with Gasteiger partial charge >= 0.3 is 0 Å². The number of aliphatic hydroxyl groups excluding tert-OH is 1. The summed E-state index contributed by atoms with van der Waals surface area (Å²) in [5.74, 6) is -0.207. The first kappa shape index (κ1) is 15.8. The van der Waals surface area contributed by atoms with Crippen molar-refractivity contribution in [3.05, 3.63) is 58.3 Å². The van der Waals surface area contributed by atoms with Gasteiger partial charge in [-0.25, -0.2) is 0 Å². The lowest BCUT2D eigenvalue weighted by atomic mass is 10.1. The highest BCUT2D eigenvalue weighted by atomic mass is 32.2. The quantitative estimate of drug-likeness (QED) is 0.634. The Labute approximate surface area is 132 Å². The number of thioether (sulfide) groups is 1. The topological polar surface area (TPSA) is 49.3 Å². The zero-order valence-corrected chi connectivity index (χ0v) is 13.3. The third kappa shape index (κ3) is 5.04. The molecule has 1 aromatic heterocycles. The fraction of sp³-hybridized carbons (Fsp3) is 0.188. The van der Waals surface area contributed by atoms with Crippen molar-refractivity contribution in [2.75, 3.05) is 12.8 Å². The SMILES string of the molecule is CSc1ccc(C(O)CNC(=O)C=Cc2ccsc2)cc1. The summed E-state index contributed by atoms with van der Waals surface area (Å²) in [4.78, 5) is 12.8. The van der Waals surface area contributed by atoms with Gasteiger partial charge in [0.15, 0.2) is 0 Å². The van der Waals surface area contributed by atoms with E-state index in [0.29, 0.717) is 0 Å². The van der Waals surface area contributed by atoms with Crippen LogP contribution in [0, 0.1) is 0 Å². The minimum atomic E-state index is -0.695. The lowest BCUT2D eigenvalue weighted by Crippen LogP contribution is -2.26. The Kier molecular flexibility index (Phi) is 6.04. The molecule has 0 aliphatic carbocycles. The van der Waals surface area contributed by atoms with Gasteiger partial charge < -0.3 is 10.4 Å². The molecule has 2 aromatic rings. The van der Waals surface area contributed by atoms with Crippen molar-refractivity contribution in [2.24, 2.45) is 0 Å². The number of benzene rings is 1. The average molecular weight is 319 g/mol. The maximum atomic E-state index is 11.7. The van der Waals surface area contributed by atoms with Crippen molar-refractivity contribution >= 4 is 35.1 Å². The summed E-state index contributed by atoms with van der Waals surface area (Å²) in [6.07, 6.45) is 4.54. The van der Waals surface area contributed by atoms with E-state index in [2.05, 4.69) is 5.32 Å². The van der Waals surface area contributed by atoms with Crippen LogP contribution in [-0.4, -0.2) is 23.8 Å². The second kappa shape index (κ2) is 8.02. The van der Waals surface area contributed by atoms with Crippen LogP contribution in [0.25, 0.3) is 6.08 Å². The molecule has 1 unspecified atom stereocenters. The molecule has 3 nitrogen and oxygen atoms in total. The van der Waals surface area contributed by atoms with Gasteiger partial charge in [0.25, 0.3) is 0 Å². The molecule has 0 saturated carbocycles. The number of amides is 1. The van der Waals surface area contributed by atoms with Crippen LogP contribution in [0.4, 0.5) is 0 Å². The Hall–Kier alpha value is -1.56. The van der Waals surface area contributed by atoms with E-state index in [0.717, 1.165) is 16.0 Å². The van der Waals surface area contributed by atoms with E-state index in [1.165, 1.54) is 6.08 Å². The summed E-state index contributed by atoms with van der Waals surface area (Å²) in [5.41, 5.74) is 1.80. The van der Waals surface area contributed by atoms with Gasteiger partial charge in [-0.3, -0.25) is 4.79 Å². The highest BCUT2D eigenvalue weighted by Gasteiger charge is 2.08. The molecule has 0 saturated heterocycles. The third-order valence-electron chi connectivity index (χ3n) is 2.94. The van der Waals surface area contributed by atoms with Crippen molar-refractivity contribution in [2.45, 2.75) is 11.0 Å². The number of hydrogen-bond acceptors (Lipinski definition) is 4.